The minimum Gasteiger partial charge on any atom is -0.392 e. The van der Waals surface area contributed by atoms with Gasteiger partial charge in [0.25, 0.3) is 0 Å². The lowest BCUT2D eigenvalue weighted by Crippen LogP contribution is -2.16. The Kier molecular flexibility index (Phi) is 4.34. The van der Waals surface area contributed by atoms with E-state index in [1.807, 2.05) is 0 Å². The maximum absolute atomic E-state index is 9.62. The molecule has 0 radical (unpaired) electrons. The third-order valence-electron chi connectivity index (χ3n) is 1.59. The number of aliphatic hydroxyl groups is 1. The molecule has 1 heterocycles. The Labute approximate surface area is 87.9 Å². The number of hydrogen-bond acceptors (Lipinski definition) is 5. The van der Waals surface area contributed by atoms with Crippen molar-refractivity contribution in [3.63, 3.8) is 0 Å². The Morgan fingerprint density at radius 2 is 2.21 bits per heavy atom. The molecule has 0 bridgehead atoms. The molecule has 6 heteroatoms. The Morgan fingerprint density at radius 3 is 2.71 bits per heavy atom. The summed E-state index contributed by atoms with van der Waals surface area (Å²) >= 11 is 1.73. The van der Waals surface area contributed by atoms with E-state index >= 15 is 0 Å². The molecule has 0 fully saturated rings. The lowest BCUT2D eigenvalue weighted by molar-refractivity contribution is 0.197. The molecule has 0 amide bonds. The van der Waals surface area contributed by atoms with Crippen molar-refractivity contribution < 1.29 is 5.11 Å². The van der Waals surface area contributed by atoms with Gasteiger partial charge in [0.15, 0.2) is 5.82 Å². The number of thioether (sulfide) groups is 1. The van der Waals surface area contributed by atoms with Crippen LogP contribution in [0.3, 0.4) is 0 Å². The van der Waals surface area contributed by atoms with Crippen molar-refractivity contribution >= 4 is 11.8 Å². The molecule has 0 spiro atoms. The van der Waals surface area contributed by atoms with Gasteiger partial charge in [0.2, 0.25) is 0 Å². The number of aryl methyl sites for hydroxylation is 1. The van der Waals surface area contributed by atoms with Gasteiger partial charge in [0, 0.05) is 12.2 Å². The second kappa shape index (κ2) is 5.31. The maximum atomic E-state index is 9.62. The first kappa shape index (κ1) is 11.5. The summed E-state index contributed by atoms with van der Waals surface area (Å²) in [5.41, 5.74) is 0. The van der Waals surface area contributed by atoms with E-state index in [9.17, 15) is 5.11 Å². The van der Waals surface area contributed by atoms with Gasteiger partial charge >= 0.3 is 0 Å². The van der Waals surface area contributed by atoms with E-state index in [2.05, 4.69) is 29.3 Å². The quantitative estimate of drug-likeness (QED) is 0.764. The van der Waals surface area contributed by atoms with Crippen molar-refractivity contribution in [2.24, 2.45) is 7.05 Å². The summed E-state index contributed by atoms with van der Waals surface area (Å²) in [4.78, 5) is 1.40. The molecule has 5 nitrogen and oxygen atoms in total. The minimum absolute atomic E-state index is 0.383. The van der Waals surface area contributed by atoms with Gasteiger partial charge in [-0.15, -0.1) is 10.2 Å². The van der Waals surface area contributed by atoms with Crippen LogP contribution < -0.4 is 0 Å². The number of aromatic nitrogens is 4. The van der Waals surface area contributed by atoms with Crippen molar-refractivity contribution in [1.82, 2.24) is 20.2 Å². The van der Waals surface area contributed by atoms with Crippen LogP contribution in [0.25, 0.3) is 0 Å². The molecular weight excluding hydrogens is 200 g/mol. The number of aliphatic hydroxyl groups excluding tert-OH is 1. The summed E-state index contributed by atoms with van der Waals surface area (Å²) in [7, 11) is 1.71. The minimum atomic E-state index is -0.383. The van der Waals surface area contributed by atoms with Crippen molar-refractivity contribution in [3.05, 3.63) is 5.82 Å². The van der Waals surface area contributed by atoms with Gasteiger partial charge in [0.1, 0.15) is 0 Å². The van der Waals surface area contributed by atoms with Gasteiger partial charge in [-0.1, -0.05) is 13.8 Å². The molecule has 0 aromatic carbocycles. The number of tetrazole rings is 1. The maximum Gasteiger partial charge on any atom is 0.177 e. The fraction of sp³-hybridized carbons (Fsp3) is 0.875. The van der Waals surface area contributed by atoms with E-state index in [1.54, 1.807) is 18.8 Å². The first-order valence-corrected chi connectivity index (χ1v) is 5.65. The lowest BCUT2D eigenvalue weighted by Gasteiger charge is -2.09. The van der Waals surface area contributed by atoms with Gasteiger partial charge in [-0.2, -0.15) is 16.6 Å². The normalized spacial score (nSPS) is 13.5. The Bertz CT molecular complexity index is 276. The fourth-order valence-electron chi connectivity index (χ4n) is 0.978. The molecule has 1 rings (SSSR count). The van der Waals surface area contributed by atoms with Crippen molar-refractivity contribution in [2.75, 3.05) is 5.75 Å². The third kappa shape index (κ3) is 4.06. The SMILES string of the molecule is CC(C)SCC(O)Cc1nnn(C)n1. The fourth-order valence-corrected chi connectivity index (χ4v) is 1.70. The van der Waals surface area contributed by atoms with Crippen LogP contribution in [0.1, 0.15) is 19.7 Å². The molecule has 1 aromatic heterocycles. The van der Waals surface area contributed by atoms with Gasteiger partial charge in [-0.25, -0.2) is 0 Å². The Balaban J connectivity index is 2.30. The summed E-state index contributed by atoms with van der Waals surface area (Å²) in [6, 6.07) is 0. The number of rotatable bonds is 5. The first-order chi connectivity index (χ1) is 6.58. The predicted molar refractivity (Wildman–Crippen MR) is 56.1 cm³/mol. The molecule has 14 heavy (non-hydrogen) atoms. The smallest absolute Gasteiger partial charge is 0.177 e. The van der Waals surface area contributed by atoms with E-state index in [4.69, 9.17) is 0 Å². The zero-order valence-corrected chi connectivity index (χ0v) is 9.53. The zero-order valence-electron chi connectivity index (χ0n) is 8.71. The van der Waals surface area contributed by atoms with Crippen LogP contribution in [0.4, 0.5) is 0 Å². The van der Waals surface area contributed by atoms with Gasteiger partial charge in [-0.05, 0) is 10.5 Å². The second-order valence-electron chi connectivity index (χ2n) is 3.44. The van der Waals surface area contributed by atoms with Gasteiger partial charge in [-0.3, -0.25) is 0 Å². The standard InChI is InChI=1S/C8H16N4OS/c1-6(2)14-5-7(13)4-8-9-11-12(3)10-8/h6-7,13H,4-5H2,1-3H3. The Hall–Kier alpha value is -0.620. The van der Waals surface area contributed by atoms with Crippen LogP contribution in [-0.4, -0.2) is 42.4 Å². The van der Waals surface area contributed by atoms with Crippen LogP contribution in [0.2, 0.25) is 0 Å². The largest absolute Gasteiger partial charge is 0.392 e. The van der Waals surface area contributed by atoms with E-state index in [1.165, 1.54) is 4.80 Å². The molecule has 1 atom stereocenters. The average Bonchev–Trinajstić information content (AvgIpc) is 2.48. The molecule has 1 N–H and O–H groups in total. The third-order valence-corrected chi connectivity index (χ3v) is 2.83. The number of nitrogens with zero attached hydrogens (tertiary/aromatic N) is 4. The summed E-state index contributed by atoms with van der Waals surface area (Å²) in [5.74, 6) is 1.32. The summed E-state index contributed by atoms with van der Waals surface area (Å²) in [5, 5.41) is 21.7. The van der Waals surface area contributed by atoms with Crippen LogP contribution in [-0.2, 0) is 13.5 Å². The number of hydrogen-bond donors (Lipinski definition) is 1. The molecule has 0 aliphatic heterocycles. The highest BCUT2D eigenvalue weighted by atomic mass is 32.2. The predicted octanol–water partition coefficient (Wildman–Crippen LogP) is 0.255. The summed E-state index contributed by atoms with van der Waals surface area (Å²) in [6.45, 7) is 4.22. The molecular formula is C8H16N4OS. The first-order valence-electron chi connectivity index (χ1n) is 4.60. The molecule has 1 aromatic rings. The van der Waals surface area contributed by atoms with E-state index in [0.29, 0.717) is 17.5 Å². The highest BCUT2D eigenvalue weighted by Gasteiger charge is 2.10. The molecule has 0 aliphatic carbocycles. The van der Waals surface area contributed by atoms with Gasteiger partial charge < -0.3 is 5.11 Å². The van der Waals surface area contributed by atoms with Gasteiger partial charge in [0.05, 0.1) is 13.2 Å². The van der Waals surface area contributed by atoms with E-state index in [-0.39, 0.29) is 6.10 Å². The van der Waals surface area contributed by atoms with Crippen LogP contribution >= 0.6 is 11.8 Å². The Morgan fingerprint density at radius 1 is 1.50 bits per heavy atom. The topological polar surface area (TPSA) is 63.8 Å². The van der Waals surface area contributed by atoms with Crippen molar-refractivity contribution in [2.45, 2.75) is 31.6 Å². The van der Waals surface area contributed by atoms with E-state index in [0.717, 1.165) is 5.75 Å². The summed E-state index contributed by atoms with van der Waals surface area (Å²) < 4.78 is 0. The van der Waals surface area contributed by atoms with Crippen molar-refractivity contribution in [1.29, 1.82) is 0 Å². The molecule has 0 saturated heterocycles. The molecule has 1 unspecified atom stereocenters. The zero-order chi connectivity index (χ0) is 10.6. The highest BCUT2D eigenvalue weighted by Crippen LogP contribution is 2.11. The second-order valence-corrected chi connectivity index (χ2v) is 5.04. The molecule has 80 valence electrons. The van der Waals surface area contributed by atoms with Crippen molar-refractivity contribution in [3.8, 4) is 0 Å². The molecule has 0 aliphatic rings. The van der Waals surface area contributed by atoms with Crippen LogP contribution in [0.15, 0.2) is 0 Å². The van der Waals surface area contributed by atoms with E-state index < -0.39 is 0 Å². The average molecular weight is 216 g/mol. The summed E-state index contributed by atoms with van der Waals surface area (Å²) in [6.07, 6.45) is 0.0969. The highest BCUT2D eigenvalue weighted by molar-refractivity contribution is 7.99. The van der Waals surface area contributed by atoms with Crippen LogP contribution in [0, 0.1) is 0 Å². The monoisotopic (exact) mass is 216 g/mol. The molecule has 0 saturated carbocycles. The lowest BCUT2D eigenvalue weighted by atomic mass is 10.3. The van der Waals surface area contributed by atoms with Crippen LogP contribution in [0.5, 0.6) is 0 Å².